The van der Waals surface area contributed by atoms with Gasteiger partial charge in [0.1, 0.15) is 29.8 Å². The lowest BCUT2D eigenvalue weighted by molar-refractivity contribution is -0.140. The van der Waals surface area contributed by atoms with E-state index >= 15 is 0 Å². The average molecular weight is 550 g/mol. The van der Waals surface area contributed by atoms with Crippen LogP contribution in [0.25, 0.3) is 0 Å². The molecule has 1 atom stereocenters. The number of methoxy groups -OCH3 is 3. The van der Waals surface area contributed by atoms with Crippen molar-refractivity contribution in [1.82, 2.24) is 10.2 Å². The first-order chi connectivity index (χ1) is 17.9. The van der Waals surface area contributed by atoms with Crippen LogP contribution in [0.2, 0.25) is 0 Å². The van der Waals surface area contributed by atoms with Gasteiger partial charge in [-0.2, -0.15) is 0 Å². The smallest absolute Gasteiger partial charge is 0.244 e. The fraction of sp³-hybridized carbons (Fsp3) is 0.481. The third kappa shape index (κ3) is 8.27. The summed E-state index contributed by atoms with van der Waals surface area (Å²) in [6.45, 7) is 5.81. The van der Waals surface area contributed by atoms with Gasteiger partial charge in [0.25, 0.3) is 0 Å². The number of carbonyl (C=O) groups is 2. The predicted octanol–water partition coefficient (Wildman–Crippen LogP) is 3.06. The number of nitrogens with one attached hydrogen (secondary N) is 1. The van der Waals surface area contributed by atoms with Gasteiger partial charge in [0.05, 0.1) is 33.3 Å². The molecule has 0 aliphatic carbocycles. The van der Waals surface area contributed by atoms with E-state index in [1.54, 1.807) is 43.5 Å². The lowest BCUT2D eigenvalue weighted by atomic mass is 10.1. The molecule has 0 aromatic heterocycles. The highest BCUT2D eigenvalue weighted by atomic mass is 32.2. The van der Waals surface area contributed by atoms with Crippen molar-refractivity contribution in [3.05, 3.63) is 48.0 Å². The molecule has 2 amide bonds. The molecule has 38 heavy (non-hydrogen) atoms. The summed E-state index contributed by atoms with van der Waals surface area (Å²) in [6.07, 6.45) is 1.36. The number of amides is 2. The van der Waals surface area contributed by atoms with Crippen molar-refractivity contribution in [2.75, 3.05) is 45.0 Å². The number of hydrogen-bond donors (Lipinski definition) is 1. The van der Waals surface area contributed by atoms with Crippen LogP contribution in [0.1, 0.15) is 32.8 Å². The summed E-state index contributed by atoms with van der Waals surface area (Å²) in [5, 5.41) is 2.90. The first kappa shape index (κ1) is 30.8. The van der Waals surface area contributed by atoms with E-state index < -0.39 is 28.5 Å². The Balaban J connectivity index is 2.49. The molecule has 2 rings (SSSR count). The van der Waals surface area contributed by atoms with Gasteiger partial charge >= 0.3 is 0 Å². The number of carbonyl (C=O) groups excluding carboxylic acids is 2. The summed E-state index contributed by atoms with van der Waals surface area (Å²) in [6, 6.07) is 11.0. The third-order valence-electron chi connectivity index (χ3n) is 5.92. The van der Waals surface area contributed by atoms with Crippen molar-refractivity contribution in [2.45, 2.75) is 39.8 Å². The van der Waals surface area contributed by atoms with Crippen molar-refractivity contribution in [2.24, 2.45) is 5.92 Å². The first-order valence-electron chi connectivity index (χ1n) is 12.3. The van der Waals surface area contributed by atoms with Gasteiger partial charge in [0.15, 0.2) is 0 Å². The molecular weight excluding hydrogens is 510 g/mol. The summed E-state index contributed by atoms with van der Waals surface area (Å²) in [5.41, 5.74) is 0.952. The number of benzene rings is 2. The Bertz CT molecular complexity index is 1180. The number of hydrogen-bond acceptors (Lipinski definition) is 7. The minimum atomic E-state index is -3.91. The zero-order chi connectivity index (χ0) is 28.5. The summed E-state index contributed by atoms with van der Waals surface area (Å²) in [4.78, 5) is 28.4. The normalized spacial score (nSPS) is 12.0. The number of sulfonamides is 1. The minimum Gasteiger partial charge on any atom is -0.497 e. The summed E-state index contributed by atoms with van der Waals surface area (Å²) >= 11 is 0. The van der Waals surface area contributed by atoms with Crippen LogP contribution in [0.4, 0.5) is 5.69 Å². The van der Waals surface area contributed by atoms with Crippen LogP contribution in [0, 0.1) is 5.92 Å². The van der Waals surface area contributed by atoms with E-state index in [-0.39, 0.29) is 29.8 Å². The largest absolute Gasteiger partial charge is 0.497 e. The first-order valence-corrected chi connectivity index (χ1v) is 14.2. The van der Waals surface area contributed by atoms with Crippen LogP contribution in [0.5, 0.6) is 17.2 Å². The zero-order valence-electron chi connectivity index (χ0n) is 23.2. The van der Waals surface area contributed by atoms with Crippen LogP contribution in [0.3, 0.4) is 0 Å². The molecule has 210 valence electrons. The van der Waals surface area contributed by atoms with Crippen molar-refractivity contribution < 1.29 is 32.2 Å². The summed E-state index contributed by atoms with van der Waals surface area (Å²) in [7, 11) is 0.543. The van der Waals surface area contributed by atoms with Crippen molar-refractivity contribution in [1.29, 1.82) is 0 Å². The van der Waals surface area contributed by atoms with Gasteiger partial charge < -0.3 is 24.4 Å². The molecular formula is C27H39N3O7S. The van der Waals surface area contributed by atoms with Gasteiger partial charge in [-0.3, -0.25) is 13.9 Å². The highest BCUT2D eigenvalue weighted by Gasteiger charge is 2.32. The molecule has 1 N–H and O–H groups in total. The van der Waals surface area contributed by atoms with Gasteiger partial charge in [-0.15, -0.1) is 0 Å². The summed E-state index contributed by atoms with van der Waals surface area (Å²) < 4.78 is 42.5. The standard InChI is InChI=1S/C27H39N3O7S/c1-8-23(27(32)28-16-19(2)3)29(17-20-9-11-21(35-4)12-10-20)26(31)18-30(38(7,33)34)24-14-13-22(36-5)15-25(24)37-6/h9-15,19,23H,8,16-18H2,1-7H3,(H,28,32). The summed E-state index contributed by atoms with van der Waals surface area (Å²) in [5.74, 6) is 0.755. The topological polar surface area (TPSA) is 114 Å². The Morgan fingerprint density at radius 3 is 2.05 bits per heavy atom. The fourth-order valence-electron chi connectivity index (χ4n) is 3.86. The molecule has 0 spiro atoms. The Morgan fingerprint density at radius 2 is 1.55 bits per heavy atom. The van der Waals surface area contributed by atoms with E-state index in [0.29, 0.717) is 24.5 Å². The molecule has 0 bridgehead atoms. The lowest BCUT2D eigenvalue weighted by Gasteiger charge is -2.33. The van der Waals surface area contributed by atoms with E-state index in [0.717, 1.165) is 16.1 Å². The zero-order valence-corrected chi connectivity index (χ0v) is 24.0. The second-order valence-electron chi connectivity index (χ2n) is 9.24. The van der Waals surface area contributed by atoms with E-state index in [4.69, 9.17) is 14.2 Å². The fourth-order valence-corrected chi connectivity index (χ4v) is 4.71. The van der Waals surface area contributed by atoms with Gasteiger partial charge in [0, 0.05) is 19.2 Å². The van der Waals surface area contributed by atoms with Gasteiger partial charge in [-0.25, -0.2) is 8.42 Å². The highest BCUT2D eigenvalue weighted by molar-refractivity contribution is 7.92. The Kier molecular flexibility index (Phi) is 11.2. The van der Waals surface area contributed by atoms with Gasteiger partial charge in [0.2, 0.25) is 21.8 Å². The molecule has 2 aromatic carbocycles. The highest BCUT2D eigenvalue weighted by Crippen LogP contribution is 2.33. The van der Waals surface area contributed by atoms with Crippen molar-refractivity contribution in [3.63, 3.8) is 0 Å². The van der Waals surface area contributed by atoms with Crippen LogP contribution in [-0.2, 0) is 26.2 Å². The maximum absolute atomic E-state index is 13.8. The third-order valence-corrected chi connectivity index (χ3v) is 7.04. The van der Waals surface area contributed by atoms with Crippen molar-refractivity contribution in [3.8, 4) is 17.2 Å². The van der Waals surface area contributed by atoms with E-state index in [1.165, 1.54) is 25.2 Å². The lowest BCUT2D eigenvalue weighted by Crippen LogP contribution is -2.52. The molecule has 2 aromatic rings. The van der Waals surface area contributed by atoms with E-state index in [9.17, 15) is 18.0 Å². The molecule has 0 aliphatic heterocycles. The molecule has 10 nitrogen and oxygen atoms in total. The molecule has 1 unspecified atom stereocenters. The second-order valence-corrected chi connectivity index (χ2v) is 11.1. The number of nitrogens with zero attached hydrogens (tertiary/aromatic N) is 2. The monoisotopic (exact) mass is 549 g/mol. The van der Waals surface area contributed by atoms with E-state index in [1.807, 2.05) is 20.8 Å². The Morgan fingerprint density at radius 1 is 0.947 bits per heavy atom. The molecule has 0 fully saturated rings. The quantitative estimate of drug-likeness (QED) is 0.385. The maximum atomic E-state index is 13.8. The number of anilines is 1. The van der Waals surface area contributed by atoms with Gasteiger partial charge in [-0.1, -0.05) is 32.9 Å². The van der Waals surface area contributed by atoms with Crippen molar-refractivity contribution >= 4 is 27.5 Å². The molecule has 0 saturated carbocycles. The van der Waals surface area contributed by atoms with E-state index in [2.05, 4.69) is 5.32 Å². The molecule has 0 aliphatic rings. The van der Waals surface area contributed by atoms with Crippen LogP contribution >= 0.6 is 0 Å². The van der Waals surface area contributed by atoms with Crippen LogP contribution in [0.15, 0.2) is 42.5 Å². The number of ether oxygens (including phenoxy) is 3. The van der Waals surface area contributed by atoms with Gasteiger partial charge in [-0.05, 0) is 42.2 Å². The second kappa shape index (κ2) is 13.9. The Hall–Kier alpha value is -3.47. The SMILES string of the molecule is CCC(C(=O)NCC(C)C)N(Cc1ccc(OC)cc1)C(=O)CN(c1ccc(OC)cc1OC)S(C)(=O)=O. The Labute approximate surface area is 225 Å². The molecule has 0 heterocycles. The average Bonchev–Trinajstić information content (AvgIpc) is 2.89. The molecule has 0 saturated heterocycles. The molecule has 11 heteroatoms. The van der Waals surface area contributed by atoms with Crippen LogP contribution in [-0.4, -0.2) is 71.8 Å². The predicted molar refractivity (Wildman–Crippen MR) is 147 cm³/mol. The van der Waals surface area contributed by atoms with Crippen LogP contribution < -0.4 is 23.8 Å². The number of rotatable bonds is 14. The minimum absolute atomic E-state index is 0.105. The molecule has 0 radical (unpaired) electrons. The maximum Gasteiger partial charge on any atom is 0.244 e.